The Bertz CT molecular complexity index is 105. The summed E-state index contributed by atoms with van der Waals surface area (Å²) in [5, 5.41) is 0. The predicted octanol–water partition coefficient (Wildman–Crippen LogP) is 1.17. The third kappa shape index (κ3) is 7.37. The average Bonchev–Trinajstić information content (AvgIpc) is 1.80. The zero-order valence-corrected chi connectivity index (χ0v) is 5.89. The lowest BCUT2D eigenvalue weighted by Crippen LogP contribution is -1.89. The molecule has 0 aliphatic carbocycles. The van der Waals surface area contributed by atoms with Crippen LogP contribution in [0.1, 0.15) is 13.8 Å². The van der Waals surface area contributed by atoms with Crippen molar-refractivity contribution in [3.8, 4) is 0 Å². The van der Waals surface area contributed by atoms with Gasteiger partial charge in [-0.25, -0.2) is 0 Å². The van der Waals surface area contributed by atoms with Crippen LogP contribution in [0.5, 0.6) is 0 Å². The monoisotopic (exact) mass is 128 g/mol. The Balaban J connectivity index is 3.15. The first-order valence-corrected chi connectivity index (χ1v) is 3.02. The van der Waals surface area contributed by atoms with Crippen LogP contribution in [-0.2, 0) is 9.53 Å². The summed E-state index contributed by atoms with van der Waals surface area (Å²) in [6.07, 6.45) is 3.22. The van der Waals surface area contributed by atoms with Crippen molar-refractivity contribution < 1.29 is 9.53 Å². The van der Waals surface area contributed by atoms with E-state index in [-0.39, 0.29) is 5.78 Å². The fourth-order valence-electron chi connectivity index (χ4n) is 0.400. The molecule has 0 amide bonds. The van der Waals surface area contributed by atoms with Crippen LogP contribution in [0.15, 0.2) is 12.2 Å². The van der Waals surface area contributed by atoms with E-state index in [1.165, 1.54) is 13.0 Å². The molecule has 2 nitrogen and oxygen atoms in total. The zero-order chi connectivity index (χ0) is 7.11. The normalized spacial score (nSPS) is 10.4. The van der Waals surface area contributed by atoms with Gasteiger partial charge in [0, 0.05) is 6.61 Å². The standard InChI is InChI=1S/C7H12O2/c1-3-9-6-4-5-7(2)8/h4-5H,3,6H2,1-2H3/b5-4+. The molecule has 0 heterocycles. The van der Waals surface area contributed by atoms with Crippen LogP contribution in [0.3, 0.4) is 0 Å². The van der Waals surface area contributed by atoms with Crippen LogP contribution < -0.4 is 0 Å². The molecule has 0 saturated carbocycles. The summed E-state index contributed by atoms with van der Waals surface area (Å²) in [5.41, 5.74) is 0. The number of ketones is 1. The van der Waals surface area contributed by atoms with E-state index in [2.05, 4.69) is 0 Å². The van der Waals surface area contributed by atoms with Gasteiger partial charge < -0.3 is 4.74 Å². The molecule has 0 atom stereocenters. The highest BCUT2D eigenvalue weighted by molar-refractivity contribution is 5.87. The summed E-state index contributed by atoms with van der Waals surface area (Å²) in [4.78, 5) is 10.3. The van der Waals surface area contributed by atoms with E-state index < -0.39 is 0 Å². The summed E-state index contributed by atoms with van der Waals surface area (Å²) < 4.78 is 4.94. The molecular formula is C7H12O2. The van der Waals surface area contributed by atoms with E-state index in [9.17, 15) is 4.79 Å². The first-order valence-electron chi connectivity index (χ1n) is 3.02. The maximum absolute atomic E-state index is 10.3. The molecule has 0 N–H and O–H groups in total. The fourth-order valence-corrected chi connectivity index (χ4v) is 0.400. The second kappa shape index (κ2) is 5.51. The Morgan fingerprint density at radius 1 is 1.67 bits per heavy atom. The molecule has 2 heteroatoms. The highest BCUT2D eigenvalue weighted by Crippen LogP contribution is 1.77. The van der Waals surface area contributed by atoms with E-state index >= 15 is 0 Å². The van der Waals surface area contributed by atoms with Gasteiger partial charge in [-0.2, -0.15) is 0 Å². The second-order valence-corrected chi connectivity index (χ2v) is 1.67. The van der Waals surface area contributed by atoms with E-state index in [1.54, 1.807) is 6.08 Å². The van der Waals surface area contributed by atoms with Crippen LogP contribution in [0.4, 0.5) is 0 Å². The molecule has 0 unspecified atom stereocenters. The smallest absolute Gasteiger partial charge is 0.152 e. The third-order valence-corrected chi connectivity index (χ3v) is 0.771. The SMILES string of the molecule is CCOC/C=C/C(C)=O. The molecule has 0 aromatic rings. The van der Waals surface area contributed by atoms with E-state index in [0.717, 1.165) is 0 Å². The van der Waals surface area contributed by atoms with Gasteiger partial charge in [0.05, 0.1) is 6.61 Å². The molecule has 0 saturated heterocycles. The Morgan fingerprint density at radius 3 is 2.78 bits per heavy atom. The van der Waals surface area contributed by atoms with Gasteiger partial charge in [-0.1, -0.05) is 6.08 Å². The summed E-state index contributed by atoms with van der Waals surface area (Å²) >= 11 is 0. The van der Waals surface area contributed by atoms with E-state index in [0.29, 0.717) is 13.2 Å². The molecule has 9 heavy (non-hydrogen) atoms. The number of hydrogen-bond acceptors (Lipinski definition) is 2. The number of carbonyl (C=O) groups excluding carboxylic acids is 1. The number of hydrogen-bond donors (Lipinski definition) is 0. The first-order chi connectivity index (χ1) is 4.27. The predicted molar refractivity (Wildman–Crippen MR) is 36.3 cm³/mol. The van der Waals surface area contributed by atoms with Crippen LogP contribution in [0.25, 0.3) is 0 Å². The van der Waals surface area contributed by atoms with Crippen molar-refractivity contribution in [2.24, 2.45) is 0 Å². The second-order valence-electron chi connectivity index (χ2n) is 1.67. The van der Waals surface area contributed by atoms with Gasteiger partial charge >= 0.3 is 0 Å². The van der Waals surface area contributed by atoms with Crippen molar-refractivity contribution in [1.29, 1.82) is 0 Å². The molecule has 0 radical (unpaired) electrons. The van der Waals surface area contributed by atoms with Gasteiger partial charge in [-0.05, 0) is 19.9 Å². The van der Waals surface area contributed by atoms with Gasteiger partial charge in [0.15, 0.2) is 5.78 Å². The van der Waals surface area contributed by atoms with Gasteiger partial charge in [-0.15, -0.1) is 0 Å². The lowest BCUT2D eigenvalue weighted by atomic mass is 10.4. The number of ether oxygens (including phenoxy) is 1. The molecule has 0 spiro atoms. The molecule has 52 valence electrons. The Hall–Kier alpha value is -0.630. The topological polar surface area (TPSA) is 26.3 Å². The maximum Gasteiger partial charge on any atom is 0.152 e. The highest BCUT2D eigenvalue weighted by Gasteiger charge is 1.79. The van der Waals surface area contributed by atoms with Crippen molar-refractivity contribution >= 4 is 5.78 Å². The Morgan fingerprint density at radius 2 is 2.33 bits per heavy atom. The average molecular weight is 128 g/mol. The summed E-state index contributed by atoms with van der Waals surface area (Å²) in [6.45, 7) is 4.67. The third-order valence-electron chi connectivity index (χ3n) is 0.771. The van der Waals surface area contributed by atoms with E-state index in [4.69, 9.17) is 4.74 Å². The highest BCUT2D eigenvalue weighted by atomic mass is 16.5. The molecule has 0 aliphatic heterocycles. The summed E-state index contributed by atoms with van der Waals surface area (Å²) in [7, 11) is 0. The molecule has 0 fully saturated rings. The van der Waals surface area contributed by atoms with Gasteiger partial charge in [0.1, 0.15) is 0 Å². The van der Waals surface area contributed by atoms with Crippen molar-refractivity contribution in [3.63, 3.8) is 0 Å². The summed E-state index contributed by atoms with van der Waals surface area (Å²) in [5.74, 6) is 0.0645. The largest absolute Gasteiger partial charge is 0.378 e. The van der Waals surface area contributed by atoms with Crippen molar-refractivity contribution in [3.05, 3.63) is 12.2 Å². The van der Waals surface area contributed by atoms with Crippen molar-refractivity contribution in [2.75, 3.05) is 13.2 Å². The van der Waals surface area contributed by atoms with E-state index in [1.807, 2.05) is 6.92 Å². The number of rotatable bonds is 4. The number of allylic oxidation sites excluding steroid dienone is 1. The Kier molecular flexibility index (Phi) is 5.12. The van der Waals surface area contributed by atoms with Gasteiger partial charge in [0.25, 0.3) is 0 Å². The quantitative estimate of drug-likeness (QED) is 0.419. The molecule has 0 aromatic carbocycles. The first kappa shape index (κ1) is 8.37. The minimum atomic E-state index is 0.0645. The van der Waals surface area contributed by atoms with Crippen LogP contribution in [0.2, 0.25) is 0 Å². The van der Waals surface area contributed by atoms with Crippen LogP contribution >= 0.6 is 0 Å². The molecular weight excluding hydrogens is 116 g/mol. The minimum absolute atomic E-state index is 0.0645. The minimum Gasteiger partial charge on any atom is -0.378 e. The van der Waals surface area contributed by atoms with Gasteiger partial charge in [-0.3, -0.25) is 4.79 Å². The van der Waals surface area contributed by atoms with Crippen molar-refractivity contribution in [2.45, 2.75) is 13.8 Å². The molecule has 0 aromatic heterocycles. The fraction of sp³-hybridized carbons (Fsp3) is 0.571. The lowest BCUT2D eigenvalue weighted by Gasteiger charge is -1.90. The van der Waals surface area contributed by atoms with Crippen LogP contribution in [-0.4, -0.2) is 19.0 Å². The lowest BCUT2D eigenvalue weighted by molar-refractivity contribution is -0.112. The molecule has 0 bridgehead atoms. The summed E-state index contributed by atoms with van der Waals surface area (Å²) in [6, 6.07) is 0. The van der Waals surface area contributed by atoms with Crippen molar-refractivity contribution in [1.82, 2.24) is 0 Å². The Labute approximate surface area is 55.5 Å². The zero-order valence-electron chi connectivity index (χ0n) is 5.89. The molecule has 0 rings (SSSR count). The van der Waals surface area contributed by atoms with Gasteiger partial charge in [0.2, 0.25) is 0 Å². The molecule has 0 aliphatic rings. The maximum atomic E-state index is 10.3. The van der Waals surface area contributed by atoms with Crippen LogP contribution in [0, 0.1) is 0 Å². The number of carbonyl (C=O) groups is 1.